The number of hydrogen-bond acceptors (Lipinski definition) is 1. The molecule has 0 aliphatic carbocycles. The van der Waals surface area contributed by atoms with Crippen molar-refractivity contribution in [2.45, 2.75) is 71.3 Å². The van der Waals surface area contributed by atoms with Gasteiger partial charge in [-0.2, -0.15) is 0 Å². The van der Waals surface area contributed by atoms with E-state index in [1.54, 1.807) is 0 Å². The SMILES string of the molecule is CCCCC(NCC)C(CC)(CC)c1ccccc1. The first-order valence-electron chi connectivity index (χ1n) is 8.04. The summed E-state index contributed by atoms with van der Waals surface area (Å²) >= 11 is 0. The second kappa shape index (κ2) is 8.37. The molecule has 0 fully saturated rings. The fourth-order valence-electron chi connectivity index (χ4n) is 3.35. The summed E-state index contributed by atoms with van der Waals surface area (Å²) in [6.07, 6.45) is 6.27. The minimum atomic E-state index is 0.284. The Bertz CT molecular complexity index is 327. The van der Waals surface area contributed by atoms with E-state index in [1.165, 1.54) is 37.7 Å². The van der Waals surface area contributed by atoms with Gasteiger partial charge in [0.1, 0.15) is 0 Å². The van der Waals surface area contributed by atoms with Gasteiger partial charge >= 0.3 is 0 Å². The molecule has 1 N–H and O–H groups in total. The molecule has 1 nitrogen and oxygen atoms in total. The molecule has 0 spiro atoms. The number of benzene rings is 1. The molecule has 1 aromatic rings. The van der Waals surface area contributed by atoms with E-state index in [0.717, 1.165) is 6.54 Å². The number of unbranched alkanes of at least 4 members (excludes halogenated alkanes) is 1. The smallest absolute Gasteiger partial charge is 0.0164 e. The van der Waals surface area contributed by atoms with Crippen molar-refractivity contribution in [1.29, 1.82) is 0 Å². The van der Waals surface area contributed by atoms with Crippen LogP contribution in [0.2, 0.25) is 0 Å². The molecular weight excluding hydrogens is 230 g/mol. The van der Waals surface area contributed by atoms with Gasteiger partial charge in [-0.3, -0.25) is 0 Å². The fraction of sp³-hybridized carbons (Fsp3) is 0.667. The maximum absolute atomic E-state index is 3.76. The Labute approximate surface area is 119 Å². The summed E-state index contributed by atoms with van der Waals surface area (Å²) in [5.74, 6) is 0. The highest BCUT2D eigenvalue weighted by Crippen LogP contribution is 2.37. The van der Waals surface area contributed by atoms with Crippen LogP contribution in [0.5, 0.6) is 0 Å². The molecule has 1 heteroatoms. The molecule has 0 bridgehead atoms. The zero-order chi connectivity index (χ0) is 14.1. The van der Waals surface area contributed by atoms with E-state index >= 15 is 0 Å². The first-order chi connectivity index (χ1) is 9.25. The second-order valence-corrected chi connectivity index (χ2v) is 5.48. The van der Waals surface area contributed by atoms with Crippen molar-refractivity contribution in [2.75, 3.05) is 6.54 Å². The zero-order valence-corrected chi connectivity index (χ0v) is 13.2. The summed E-state index contributed by atoms with van der Waals surface area (Å²) < 4.78 is 0. The van der Waals surface area contributed by atoms with Crippen LogP contribution < -0.4 is 5.32 Å². The van der Waals surface area contributed by atoms with Crippen LogP contribution in [0.15, 0.2) is 30.3 Å². The summed E-state index contributed by atoms with van der Waals surface area (Å²) in [5, 5.41) is 3.76. The van der Waals surface area contributed by atoms with Crippen molar-refractivity contribution in [1.82, 2.24) is 5.32 Å². The highest BCUT2D eigenvalue weighted by Gasteiger charge is 2.36. The molecule has 108 valence electrons. The maximum Gasteiger partial charge on any atom is 0.0164 e. The third kappa shape index (κ3) is 3.82. The van der Waals surface area contributed by atoms with Gasteiger partial charge in [0.05, 0.1) is 0 Å². The molecule has 0 amide bonds. The molecule has 1 unspecified atom stereocenters. The van der Waals surface area contributed by atoms with E-state index in [0.29, 0.717) is 6.04 Å². The van der Waals surface area contributed by atoms with Crippen LogP contribution in [0.25, 0.3) is 0 Å². The number of nitrogens with one attached hydrogen (secondary N) is 1. The Kier molecular flexibility index (Phi) is 7.15. The predicted octanol–water partition coefficient (Wildman–Crippen LogP) is 4.91. The summed E-state index contributed by atoms with van der Waals surface area (Å²) in [4.78, 5) is 0. The number of hydrogen-bond donors (Lipinski definition) is 1. The van der Waals surface area contributed by atoms with Gasteiger partial charge in [0, 0.05) is 11.5 Å². The van der Waals surface area contributed by atoms with E-state index < -0.39 is 0 Å². The van der Waals surface area contributed by atoms with Gasteiger partial charge in [-0.05, 0) is 31.4 Å². The number of likely N-dealkylation sites (N-methyl/N-ethyl adjacent to an activating group) is 1. The molecular formula is C18H31N. The van der Waals surface area contributed by atoms with E-state index in [9.17, 15) is 0 Å². The van der Waals surface area contributed by atoms with E-state index in [4.69, 9.17) is 0 Å². The van der Waals surface area contributed by atoms with Gasteiger partial charge in [0.15, 0.2) is 0 Å². The van der Waals surface area contributed by atoms with Crippen molar-refractivity contribution in [2.24, 2.45) is 0 Å². The van der Waals surface area contributed by atoms with Gasteiger partial charge in [-0.25, -0.2) is 0 Å². The summed E-state index contributed by atoms with van der Waals surface area (Å²) in [6, 6.07) is 11.7. The Morgan fingerprint density at radius 1 is 1.00 bits per heavy atom. The van der Waals surface area contributed by atoms with Crippen molar-refractivity contribution in [3.05, 3.63) is 35.9 Å². The Morgan fingerprint density at radius 2 is 1.63 bits per heavy atom. The number of rotatable bonds is 9. The minimum Gasteiger partial charge on any atom is -0.313 e. The molecule has 0 saturated heterocycles. The van der Waals surface area contributed by atoms with Crippen LogP contribution in [-0.4, -0.2) is 12.6 Å². The zero-order valence-electron chi connectivity index (χ0n) is 13.2. The predicted molar refractivity (Wildman–Crippen MR) is 85.7 cm³/mol. The fourth-order valence-corrected chi connectivity index (χ4v) is 3.35. The van der Waals surface area contributed by atoms with E-state index in [2.05, 4.69) is 63.3 Å². The molecule has 0 saturated carbocycles. The Balaban J connectivity index is 3.06. The lowest BCUT2D eigenvalue weighted by atomic mass is 9.68. The molecule has 1 atom stereocenters. The lowest BCUT2D eigenvalue weighted by Gasteiger charge is -2.41. The molecule has 0 aliphatic rings. The Morgan fingerprint density at radius 3 is 2.11 bits per heavy atom. The lowest BCUT2D eigenvalue weighted by molar-refractivity contribution is 0.257. The van der Waals surface area contributed by atoms with Crippen LogP contribution in [0, 0.1) is 0 Å². The first kappa shape index (κ1) is 16.2. The highest BCUT2D eigenvalue weighted by molar-refractivity contribution is 5.27. The molecule has 0 radical (unpaired) electrons. The van der Waals surface area contributed by atoms with Crippen LogP contribution in [0.4, 0.5) is 0 Å². The largest absolute Gasteiger partial charge is 0.313 e. The molecule has 0 aromatic heterocycles. The van der Waals surface area contributed by atoms with Gasteiger partial charge in [0.25, 0.3) is 0 Å². The van der Waals surface area contributed by atoms with E-state index in [-0.39, 0.29) is 5.41 Å². The van der Waals surface area contributed by atoms with Crippen molar-refractivity contribution < 1.29 is 0 Å². The first-order valence-corrected chi connectivity index (χ1v) is 8.04. The van der Waals surface area contributed by atoms with Crippen LogP contribution >= 0.6 is 0 Å². The van der Waals surface area contributed by atoms with Crippen molar-refractivity contribution in [3.63, 3.8) is 0 Å². The standard InChI is InChI=1S/C18H31N/c1-5-9-15-17(19-8-4)18(6-2,7-3)16-13-11-10-12-14-16/h10-14,17,19H,5-9,15H2,1-4H3. The third-order valence-electron chi connectivity index (χ3n) is 4.57. The monoisotopic (exact) mass is 261 g/mol. The molecule has 1 aromatic carbocycles. The van der Waals surface area contributed by atoms with Crippen LogP contribution in [0.1, 0.15) is 65.4 Å². The molecule has 0 aliphatic heterocycles. The van der Waals surface area contributed by atoms with Gasteiger partial charge in [-0.15, -0.1) is 0 Å². The van der Waals surface area contributed by atoms with Crippen LogP contribution in [0.3, 0.4) is 0 Å². The van der Waals surface area contributed by atoms with Crippen molar-refractivity contribution >= 4 is 0 Å². The average molecular weight is 261 g/mol. The third-order valence-corrected chi connectivity index (χ3v) is 4.57. The molecule has 1 rings (SSSR count). The van der Waals surface area contributed by atoms with E-state index in [1.807, 2.05) is 0 Å². The van der Waals surface area contributed by atoms with Crippen molar-refractivity contribution in [3.8, 4) is 0 Å². The topological polar surface area (TPSA) is 12.0 Å². The normalized spacial score (nSPS) is 13.5. The van der Waals surface area contributed by atoms with Crippen LogP contribution in [-0.2, 0) is 5.41 Å². The van der Waals surface area contributed by atoms with Gasteiger partial charge < -0.3 is 5.32 Å². The maximum atomic E-state index is 3.76. The summed E-state index contributed by atoms with van der Waals surface area (Å²) in [7, 11) is 0. The summed E-state index contributed by atoms with van der Waals surface area (Å²) in [6.45, 7) is 10.2. The average Bonchev–Trinajstić information content (AvgIpc) is 2.47. The Hall–Kier alpha value is -0.820. The summed E-state index contributed by atoms with van der Waals surface area (Å²) in [5.41, 5.74) is 1.79. The van der Waals surface area contributed by atoms with Gasteiger partial charge in [0.2, 0.25) is 0 Å². The lowest BCUT2D eigenvalue weighted by Crippen LogP contribution is -2.48. The molecule has 19 heavy (non-hydrogen) atoms. The molecule has 0 heterocycles. The second-order valence-electron chi connectivity index (χ2n) is 5.48. The quantitative estimate of drug-likeness (QED) is 0.666. The highest BCUT2D eigenvalue weighted by atomic mass is 14.9. The minimum absolute atomic E-state index is 0.284. The van der Waals surface area contributed by atoms with Gasteiger partial charge in [-0.1, -0.05) is 70.9 Å².